The van der Waals surface area contributed by atoms with Gasteiger partial charge >= 0.3 is 11.3 Å². The van der Waals surface area contributed by atoms with Crippen molar-refractivity contribution in [1.29, 1.82) is 0 Å². The van der Waals surface area contributed by atoms with Crippen LogP contribution in [0.2, 0.25) is 10.0 Å². The summed E-state index contributed by atoms with van der Waals surface area (Å²) in [6.45, 7) is 0. The van der Waals surface area contributed by atoms with E-state index in [1.807, 2.05) is 6.07 Å². The highest BCUT2D eigenvalue weighted by atomic mass is 35.5. The van der Waals surface area contributed by atoms with Crippen LogP contribution in [0.1, 0.15) is 16.1 Å². The van der Waals surface area contributed by atoms with Gasteiger partial charge in [0.1, 0.15) is 5.70 Å². The number of Topliss-reactive ketones (excluding diaryl/α,β-unsaturated/α-hetero) is 1. The van der Waals surface area contributed by atoms with Gasteiger partial charge in [0.05, 0.1) is 11.4 Å². The number of carbonyl (C=O) groups is 2. The summed E-state index contributed by atoms with van der Waals surface area (Å²) in [5.74, 6) is -0.998. The minimum atomic E-state index is -0.767. The number of thioether (sulfide) groups is 1. The number of aromatic amines is 1. The Morgan fingerprint density at radius 1 is 1.16 bits per heavy atom. The van der Waals surface area contributed by atoms with Crippen LogP contribution in [0.15, 0.2) is 68.5 Å². The molecule has 0 unspecified atom stereocenters. The number of ketones is 1. The van der Waals surface area contributed by atoms with Crippen molar-refractivity contribution in [1.82, 2.24) is 5.27 Å². The minimum absolute atomic E-state index is 0.116. The van der Waals surface area contributed by atoms with Gasteiger partial charge in [0.15, 0.2) is 12.2 Å². The lowest BCUT2D eigenvalue weighted by atomic mass is 10.2. The summed E-state index contributed by atoms with van der Waals surface area (Å²) in [6, 6.07) is 13.9. The fourth-order valence-corrected chi connectivity index (χ4v) is 4.41. The highest BCUT2D eigenvalue weighted by Gasteiger charge is 2.34. The van der Waals surface area contributed by atoms with Crippen LogP contribution in [0.5, 0.6) is 0 Å². The first kappa shape index (κ1) is 22.1. The fourth-order valence-electron chi connectivity index (χ4n) is 3.02. The van der Waals surface area contributed by atoms with Gasteiger partial charge in [-0.1, -0.05) is 63.9 Å². The number of aliphatic imine (C=N–C) groups is 1. The van der Waals surface area contributed by atoms with Gasteiger partial charge < -0.3 is 0 Å². The topological polar surface area (TPSA) is 99.6 Å². The maximum absolute atomic E-state index is 13.2. The second-order valence-corrected chi connectivity index (χ2v) is 8.39. The summed E-state index contributed by atoms with van der Waals surface area (Å²) in [5.41, 5.74) is 0.265. The van der Waals surface area contributed by atoms with E-state index in [4.69, 9.17) is 23.2 Å². The van der Waals surface area contributed by atoms with Gasteiger partial charge in [-0.05, 0) is 35.6 Å². The molecular formula is C21H15Cl2N4O4S+. The Bertz CT molecular complexity index is 1310. The second-order valence-electron chi connectivity index (χ2n) is 6.64. The number of halogens is 2. The molecular weight excluding hydrogens is 475 g/mol. The Balaban J connectivity index is 1.69. The zero-order valence-corrected chi connectivity index (χ0v) is 18.9. The Hall–Kier alpha value is -3.14. The van der Waals surface area contributed by atoms with Gasteiger partial charge in [-0.3, -0.25) is 19.0 Å². The average Bonchev–Trinajstić information content (AvgIpc) is 3.28. The van der Waals surface area contributed by atoms with Crippen molar-refractivity contribution < 1.29 is 18.8 Å². The third kappa shape index (κ3) is 4.27. The summed E-state index contributed by atoms with van der Waals surface area (Å²) in [7, 11) is 1.49. The van der Waals surface area contributed by atoms with E-state index in [0.29, 0.717) is 21.3 Å². The van der Waals surface area contributed by atoms with Gasteiger partial charge in [0, 0.05) is 15.6 Å². The number of rotatable bonds is 5. The molecule has 11 heteroatoms. The van der Waals surface area contributed by atoms with E-state index in [2.05, 4.69) is 14.8 Å². The summed E-state index contributed by atoms with van der Waals surface area (Å²) in [5, 5.41) is 3.34. The van der Waals surface area contributed by atoms with E-state index >= 15 is 0 Å². The molecule has 8 nitrogen and oxygen atoms in total. The molecule has 1 amide bonds. The number of aromatic nitrogens is 2. The number of amides is 1. The van der Waals surface area contributed by atoms with Crippen LogP contribution in [0.3, 0.4) is 0 Å². The fraction of sp³-hybridized carbons (Fsp3) is 0.0952. The van der Waals surface area contributed by atoms with Gasteiger partial charge in [-0.25, -0.2) is 9.79 Å². The zero-order valence-electron chi connectivity index (χ0n) is 16.5. The molecule has 1 N–H and O–H groups in total. The maximum atomic E-state index is 13.2. The number of amidine groups is 1. The summed E-state index contributed by atoms with van der Waals surface area (Å²) >= 11 is 13.5. The quantitative estimate of drug-likeness (QED) is 0.336. The van der Waals surface area contributed by atoms with Crippen LogP contribution in [0, 0.1) is 0 Å². The van der Waals surface area contributed by atoms with E-state index in [0.717, 1.165) is 11.8 Å². The molecule has 0 radical (unpaired) electrons. The van der Waals surface area contributed by atoms with Crippen molar-refractivity contribution in [3.05, 3.63) is 86.0 Å². The Morgan fingerprint density at radius 3 is 2.47 bits per heavy atom. The average molecular weight is 490 g/mol. The third-order valence-corrected chi connectivity index (χ3v) is 6.12. The molecule has 0 atom stereocenters. The number of nitrogens with one attached hydrogen (secondary N) is 1. The zero-order chi connectivity index (χ0) is 22.8. The van der Waals surface area contributed by atoms with Crippen LogP contribution in [0.25, 0.3) is 6.08 Å². The summed E-state index contributed by atoms with van der Waals surface area (Å²) in [4.78, 5) is 43.4. The highest BCUT2D eigenvalue weighted by molar-refractivity contribution is 8.14. The number of benzene rings is 2. The van der Waals surface area contributed by atoms with Gasteiger partial charge in [-0.2, -0.15) is 0 Å². The van der Waals surface area contributed by atoms with E-state index in [-0.39, 0.29) is 22.3 Å². The molecule has 0 saturated heterocycles. The second kappa shape index (κ2) is 9.15. The number of carbonyl (C=O) groups excluding carboxylic acids is 2. The number of hydrogen-bond donors (Lipinski definition) is 1. The molecule has 0 bridgehead atoms. The first-order valence-electron chi connectivity index (χ1n) is 9.24. The molecule has 3 aromatic rings. The van der Waals surface area contributed by atoms with Crippen LogP contribution < -0.4 is 15.2 Å². The Labute approximate surface area is 196 Å². The molecule has 0 saturated carbocycles. The first-order chi connectivity index (χ1) is 15.4. The van der Waals surface area contributed by atoms with E-state index < -0.39 is 17.3 Å². The Kier molecular flexibility index (Phi) is 6.31. The lowest BCUT2D eigenvalue weighted by molar-refractivity contribution is -0.741. The maximum Gasteiger partial charge on any atom is 0.438 e. The van der Waals surface area contributed by atoms with Crippen molar-refractivity contribution in [2.45, 2.75) is 0 Å². The molecule has 0 spiro atoms. The monoisotopic (exact) mass is 489 g/mol. The normalized spacial score (nSPS) is 14.8. The van der Waals surface area contributed by atoms with Crippen molar-refractivity contribution in [2.75, 3.05) is 10.7 Å². The summed E-state index contributed by atoms with van der Waals surface area (Å²) < 4.78 is 5.83. The van der Waals surface area contributed by atoms with Crippen molar-refractivity contribution in [3.8, 4) is 0 Å². The van der Waals surface area contributed by atoms with Gasteiger partial charge in [-0.15, -0.1) is 0 Å². The molecule has 32 heavy (non-hydrogen) atoms. The molecule has 0 fully saturated rings. The molecule has 162 valence electrons. The minimum Gasteiger partial charge on any atom is -0.286 e. The lowest BCUT2D eigenvalue weighted by Gasteiger charge is -2.17. The molecule has 0 aliphatic carbocycles. The molecule has 1 aromatic heterocycles. The van der Waals surface area contributed by atoms with E-state index in [1.54, 1.807) is 42.5 Å². The van der Waals surface area contributed by atoms with Crippen molar-refractivity contribution in [2.24, 2.45) is 12.0 Å². The molecule has 2 aromatic carbocycles. The van der Waals surface area contributed by atoms with Crippen molar-refractivity contribution >= 4 is 63.6 Å². The van der Waals surface area contributed by atoms with Crippen LogP contribution >= 0.6 is 35.0 Å². The molecule has 1 aliphatic heterocycles. The number of nitrogens with zero attached hydrogens (tertiary/aromatic N) is 3. The number of anilines is 1. The first-order valence-corrected chi connectivity index (χ1v) is 11.0. The van der Waals surface area contributed by atoms with Crippen LogP contribution in [0.4, 0.5) is 5.69 Å². The third-order valence-electron chi connectivity index (χ3n) is 4.53. The molecule has 2 heterocycles. The van der Waals surface area contributed by atoms with Gasteiger partial charge in [0.25, 0.3) is 5.91 Å². The highest BCUT2D eigenvalue weighted by Crippen LogP contribution is 2.32. The standard InChI is InChI=1S/C21H14Cl2N4O4S/c1-26-18(20(30)31-25-26)17(28)11-32-21-24-16(10-13-14(22)8-5-9-15(13)23)19(29)27(21)12-6-3-2-4-7-12/h2-10H,11H2,1H3/p+1/b16-10-. The lowest BCUT2D eigenvalue weighted by Crippen LogP contribution is -2.40. The van der Waals surface area contributed by atoms with Crippen LogP contribution in [-0.4, -0.2) is 27.9 Å². The SMILES string of the molecule is C[n+]1[nH]oc(=O)c1C(=O)CSC1=N/C(=C\c2c(Cl)cccc2Cl)C(=O)N1c1ccccc1. The van der Waals surface area contributed by atoms with E-state index in [9.17, 15) is 14.4 Å². The smallest absolute Gasteiger partial charge is 0.286 e. The van der Waals surface area contributed by atoms with Crippen molar-refractivity contribution in [3.63, 3.8) is 0 Å². The molecule has 1 aliphatic rings. The van der Waals surface area contributed by atoms with Gasteiger partial charge in [0.2, 0.25) is 5.78 Å². The molecule has 4 rings (SSSR count). The largest absolute Gasteiger partial charge is 0.438 e. The Morgan fingerprint density at radius 2 is 1.84 bits per heavy atom. The number of H-pyrrole nitrogens is 1. The number of hydrogen-bond acceptors (Lipinski definition) is 6. The van der Waals surface area contributed by atoms with Crippen LogP contribution in [-0.2, 0) is 11.8 Å². The summed E-state index contributed by atoms with van der Waals surface area (Å²) in [6.07, 6.45) is 1.51. The number of para-hydroxylation sites is 1. The van der Waals surface area contributed by atoms with E-state index in [1.165, 1.54) is 22.7 Å². The predicted octanol–water partition coefficient (Wildman–Crippen LogP) is 3.46. The number of aryl methyl sites for hydroxylation is 1. The predicted molar refractivity (Wildman–Crippen MR) is 123 cm³/mol.